The molecule has 0 aliphatic rings. The van der Waals surface area contributed by atoms with Crippen molar-refractivity contribution in [3.05, 3.63) is 35.0 Å². The molecule has 2 rings (SSSR count). The second-order valence-electron chi connectivity index (χ2n) is 3.41. The number of hydrogen-bond donors (Lipinski definition) is 1. The molecule has 1 aromatic carbocycles. The molecule has 0 saturated heterocycles. The van der Waals surface area contributed by atoms with Gasteiger partial charge in [-0.15, -0.1) is 0 Å². The molecule has 14 heavy (non-hydrogen) atoms. The maximum atomic E-state index is 8.98. The average Bonchev–Trinajstić information content (AvgIpc) is 2.59. The van der Waals surface area contributed by atoms with E-state index in [0.29, 0.717) is 5.02 Å². The van der Waals surface area contributed by atoms with E-state index in [-0.39, 0.29) is 12.5 Å². The van der Waals surface area contributed by atoms with Crippen LogP contribution in [0.15, 0.2) is 28.7 Å². The molecule has 74 valence electrons. The first-order valence-electron chi connectivity index (χ1n) is 4.50. The van der Waals surface area contributed by atoms with Crippen molar-refractivity contribution in [2.45, 2.75) is 12.8 Å². The van der Waals surface area contributed by atoms with Crippen molar-refractivity contribution in [2.75, 3.05) is 6.61 Å². The summed E-state index contributed by atoms with van der Waals surface area (Å²) in [5, 5.41) is 10.7. The maximum absolute atomic E-state index is 8.98. The Morgan fingerprint density at radius 3 is 2.93 bits per heavy atom. The van der Waals surface area contributed by atoms with Gasteiger partial charge in [0, 0.05) is 16.3 Å². The Balaban J connectivity index is 2.51. The first kappa shape index (κ1) is 9.56. The summed E-state index contributed by atoms with van der Waals surface area (Å²) in [4.78, 5) is 0. The first-order valence-corrected chi connectivity index (χ1v) is 4.88. The van der Waals surface area contributed by atoms with Gasteiger partial charge >= 0.3 is 0 Å². The van der Waals surface area contributed by atoms with Crippen LogP contribution in [0.2, 0.25) is 5.02 Å². The van der Waals surface area contributed by atoms with Gasteiger partial charge < -0.3 is 9.52 Å². The molecule has 0 aliphatic carbocycles. The van der Waals surface area contributed by atoms with Crippen molar-refractivity contribution in [2.24, 2.45) is 0 Å². The van der Waals surface area contributed by atoms with Gasteiger partial charge in [-0.1, -0.05) is 18.5 Å². The molecule has 1 unspecified atom stereocenters. The molecule has 0 radical (unpaired) electrons. The van der Waals surface area contributed by atoms with Gasteiger partial charge in [-0.2, -0.15) is 0 Å². The fourth-order valence-corrected chi connectivity index (χ4v) is 1.52. The predicted molar refractivity (Wildman–Crippen MR) is 56.7 cm³/mol. The zero-order valence-electron chi connectivity index (χ0n) is 7.83. The molecular formula is C11H11ClO2. The molecule has 2 aromatic rings. The molecule has 0 saturated carbocycles. The third-order valence-corrected chi connectivity index (χ3v) is 2.50. The number of aliphatic hydroxyl groups is 1. The SMILES string of the molecule is CC(CO)c1cc2ccc(Cl)cc2o1. The minimum Gasteiger partial charge on any atom is -0.461 e. The van der Waals surface area contributed by atoms with Crippen LogP contribution in [0.3, 0.4) is 0 Å². The number of rotatable bonds is 2. The van der Waals surface area contributed by atoms with Gasteiger partial charge in [-0.25, -0.2) is 0 Å². The Labute approximate surface area is 87.1 Å². The maximum Gasteiger partial charge on any atom is 0.135 e. The third kappa shape index (κ3) is 1.63. The fraction of sp³-hybridized carbons (Fsp3) is 0.273. The monoisotopic (exact) mass is 210 g/mol. The van der Waals surface area contributed by atoms with Crippen LogP contribution in [0, 0.1) is 0 Å². The third-order valence-electron chi connectivity index (χ3n) is 2.26. The standard InChI is InChI=1S/C11H11ClO2/c1-7(6-13)10-4-8-2-3-9(12)5-11(8)14-10/h2-5,7,13H,6H2,1H3. The lowest BCUT2D eigenvalue weighted by Crippen LogP contribution is -1.95. The number of hydrogen-bond acceptors (Lipinski definition) is 2. The zero-order valence-corrected chi connectivity index (χ0v) is 8.58. The second kappa shape index (κ2) is 3.64. The van der Waals surface area contributed by atoms with E-state index >= 15 is 0 Å². The van der Waals surface area contributed by atoms with Crippen molar-refractivity contribution in [1.29, 1.82) is 0 Å². The molecule has 3 heteroatoms. The minimum absolute atomic E-state index is 0.0289. The highest BCUT2D eigenvalue weighted by Gasteiger charge is 2.10. The molecule has 0 fully saturated rings. The Kier molecular flexibility index (Phi) is 2.48. The minimum atomic E-state index is 0.0289. The molecule has 1 atom stereocenters. The van der Waals surface area contributed by atoms with E-state index < -0.39 is 0 Å². The predicted octanol–water partition coefficient (Wildman–Crippen LogP) is 3.18. The van der Waals surface area contributed by atoms with Crippen LogP contribution in [0.4, 0.5) is 0 Å². The zero-order chi connectivity index (χ0) is 10.1. The summed E-state index contributed by atoms with van der Waals surface area (Å²) in [5.41, 5.74) is 0.771. The molecule has 1 aromatic heterocycles. The van der Waals surface area contributed by atoms with E-state index in [1.54, 1.807) is 6.07 Å². The van der Waals surface area contributed by atoms with E-state index in [1.165, 1.54) is 0 Å². The Morgan fingerprint density at radius 2 is 2.21 bits per heavy atom. The summed E-state index contributed by atoms with van der Waals surface area (Å²) in [7, 11) is 0. The average molecular weight is 211 g/mol. The first-order chi connectivity index (χ1) is 6.70. The lowest BCUT2D eigenvalue weighted by molar-refractivity contribution is 0.259. The molecule has 1 heterocycles. The van der Waals surface area contributed by atoms with Crippen LogP contribution in [0.1, 0.15) is 18.6 Å². The van der Waals surface area contributed by atoms with E-state index in [4.69, 9.17) is 21.1 Å². The van der Waals surface area contributed by atoms with Crippen LogP contribution in [-0.2, 0) is 0 Å². The summed E-state index contributed by atoms with van der Waals surface area (Å²) < 4.78 is 5.56. The molecule has 2 nitrogen and oxygen atoms in total. The van der Waals surface area contributed by atoms with Gasteiger partial charge in [0.2, 0.25) is 0 Å². The van der Waals surface area contributed by atoms with Crippen LogP contribution in [-0.4, -0.2) is 11.7 Å². The van der Waals surface area contributed by atoms with Crippen LogP contribution in [0.25, 0.3) is 11.0 Å². The highest BCUT2D eigenvalue weighted by Crippen LogP contribution is 2.26. The van der Waals surface area contributed by atoms with Gasteiger partial charge in [0.15, 0.2) is 0 Å². The molecule has 1 N–H and O–H groups in total. The van der Waals surface area contributed by atoms with Crippen LogP contribution >= 0.6 is 11.6 Å². The van der Waals surface area contributed by atoms with Gasteiger partial charge in [-0.3, -0.25) is 0 Å². The summed E-state index contributed by atoms with van der Waals surface area (Å²) in [5.74, 6) is 0.825. The molecule has 0 aliphatic heterocycles. The van der Waals surface area contributed by atoms with E-state index in [1.807, 2.05) is 25.1 Å². The van der Waals surface area contributed by atoms with Crippen LogP contribution in [0.5, 0.6) is 0 Å². The topological polar surface area (TPSA) is 33.4 Å². The number of fused-ring (bicyclic) bond motifs is 1. The van der Waals surface area contributed by atoms with Gasteiger partial charge in [0.05, 0.1) is 6.61 Å². The normalized spacial score (nSPS) is 13.4. The van der Waals surface area contributed by atoms with Crippen molar-refractivity contribution >= 4 is 22.6 Å². The summed E-state index contributed by atoms with van der Waals surface area (Å²) in [6.45, 7) is 2.01. The molecule has 0 spiro atoms. The second-order valence-corrected chi connectivity index (χ2v) is 3.85. The Morgan fingerprint density at radius 1 is 1.43 bits per heavy atom. The number of halogens is 1. The highest BCUT2D eigenvalue weighted by molar-refractivity contribution is 6.31. The van der Waals surface area contributed by atoms with Crippen molar-refractivity contribution in [3.63, 3.8) is 0 Å². The van der Waals surface area contributed by atoms with Gasteiger partial charge in [-0.05, 0) is 24.3 Å². The quantitative estimate of drug-likeness (QED) is 0.826. The van der Waals surface area contributed by atoms with Gasteiger partial charge in [0.25, 0.3) is 0 Å². The number of benzene rings is 1. The van der Waals surface area contributed by atoms with Crippen molar-refractivity contribution in [3.8, 4) is 0 Å². The van der Waals surface area contributed by atoms with E-state index in [0.717, 1.165) is 16.7 Å². The highest BCUT2D eigenvalue weighted by atomic mass is 35.5. The van der Waals surface area contributed by atoms with Crippen molar-refractivity contribution < 1.29 is 9.52 Å². The van der Waals surface area contributed by atoms with Gasteiger partial charge in [0.1, 0.15) is 11.3 Å². The Hall–Kier alpha value is -0.990. The fourth-order valence-electron chi connectivity index (χ4n) is 1.36. The molecular weight excluding hydrogens is 200 g/mol. The smallest absolute Gasteiger partial charge is 0.135 e. The van der Waals surface area contributed by atoms with E-state index in [9.17, 15) is 0 Å². The largest absolute Gasteiger partial charge is 0.461 e. The summed E-state index contributed by atoms with van der Waals surface area (Å²) in [6, 6.07) is 7.46. The lowest BCUT2D eigenvalue weighted by atomic mass is 10.1. The van der Waals surface area contributed by atoms with Crippen LogP contribution < -0.4 is 0 Å². The summed E-state index contributed by atoms with van der Waals surface area (Å²) >= 11 is 5.83. The van der Waals surface area contributed by atoms with E-state index in [2.05, 4.69) is 0 Å². The van der Waals surface area contributed by atoms with Crippen molar-refractivity contribution in [1.82, 2.24) is 0 Å². The molecule has 0 bridgehead atoms. The number of aliphatic hydroxyl groups excluding tert-OH is 1. The Bertz CT molecular complexity index is 447. The number of furan rings is 1. The lowest BCUT2D eigenvalue weighted by Gasteiger charge is -2.00. The molecule has 0 amide bonds. The summed E-state index contributed by atoms with van der Waals surface area (Å²) in [6.07, 6.45) is 0.